The molecule has 1 aromatic carbocycles. The van der Waals surface area contributed by atoms with Crippen LogP contribution >= 0.6 is 0 Å². The van der Waals surface area contributed by atoms with E-state index in [9.17, 15) is 15.0 Å². The Labute approximate surface area is 108 Å². The maximum Gasteiger partial charge on any atom is 0.332 e. The van der Waals surface area contributed by atoms with E-state index in [2.05, 4.69) is 15.3 Å². The SMILES string of the molecule is [N-]=[N+]=NCCNC1(C(=O)O)COc2cc(O)ccc21. The number of phenols is 1. The molecule has 0 saturated heterocycles. The molecule has 0 bridgehead atoms. The van der Waals surface area contributed by atoms with Crippen LogP contribution in [-0.4, -0.2) is 35.9 Å². The molecule has 0 radical (unpaired) electrons. The summed E-state index contributed by atoms with van der Waals surface area (Å²) in [5.41, 5.74) is 7.24. The van der Waals surface area contributed by atoms with Crippen molar-refractivity contribution in [2.45, 2.75) is 5.54 Å². The van der Waals surface area contributed by atoms with E-state index in [1.165, 1.54) is 18.2 Å². The first-order chi connectivity index (χ1) is 9.10. The monoisotopic (exact) mass is 264 g/mol. The minimum Gasteiger partial charge on any atom is -0.508 e. The minimum absolute atomic E-state index is 0.00835. The van der Waals surface area contributed by atoms with Gasteiger partial charge in [0, 0.05) is 29.6 Å². The molecule has 0 aliphatic carbocycles. The second-order valence-corrected chi connectivity index (χ2v) is 4.06. The summed E-state index contributed by atoms with van der Waals surface area (Å²) >= 11 is 0. The van der Waals surface area contributed by atoms with E-state index in [4.69, 9.17) is 10.3 Å². The molecule has 0 aromatic heterocycles. The third-order valence-corrected chi connectivity index (χ3v) is 2.94. The van der Waals surface area contributed by atoms with Crippen LogP contribution in [0.3, 0.4) is 0 Å². The second kappa shape index (κ2) is 5.05. The summed E-state index contributed by atoms with van der Waals surface area (Å²) in [6.45, 7) is 0.260. The van der Waals surface area contributed by atoms with Crippen molar-refractivity contribution in [1.29, 1.82) is 0 Å². The van der Waals surface area contributed by atoms with Crippen LogP contribution in [0.2, 0.25) is 0 Å². The van der Waals surface area contributed by atoms with Gasteiger partial charge in [0.1, 0.15) is 18.1 Å². The molecule has 19 heavy (non-hydrogen) atoms. The fourth-order valence-electron chi connectivity index (χ4n) is 2.01. The molecule has 1 aliphatic heterocycles. The molecule has 0 amide bonds. The number of aliphatic carboxylic acids is 1. The molecule has 2 rings (SSSR count). The number of fused-ring (bicyclic) bond motifs is 1. The number of carboxylic acids is 1. The zero-order valence-corrected chi connectivity index (χ0v) is 9.91. The lowest BCUT2D eigenvalue weighted by Crippen LogP contribution is -2.51. The Bertz CT molecular complexity index is 556. The summed E-state index contributed by atoms with van der Waals surface area (Å²) in [5, 5.41) is 24.9. The number of carbonyl (C=O) groups is 1. The van der Waals surface area contributed by atoms with Crippen molar-refractivity contribution >= 4 is 5.97 Å². The minimum atomic E-state index is -1.38. The Morgan fingerprint density at radius 1 is 1.63 bits per heavy atom. The maximum absolute atomic E-state index is 11.5. The van der Waals surface area contributed by atoms with Crippen LogP contribution in [0.5, 0.6) is 11.5 Å². The quantitative estimate of drug-likeness (QED) is 0.316. The Kier molecular flexibility index (Phi) is 3.46. The number of aromatic hydroxyl groups is 1. The van der Waals surface area contributed by atoms with Crippen molar-refractivity contribution in [2.75, 3.05) is 19.7 Å². The van der Waals surface area contributed by atoms with Gasteiger partial charge in [-0.25, -0.2) is 4.79 Å². The highest BCUT2D eigenvalue weighted by molar-refractivity contribution is 5.83. The van der Waals surface area contributed by atoms with Gasteiger partial charge in [-0.05, 0) is 17.7 Å². The summed E-state index contributed by atoms with van der Waals surface area (Å²) in [7, 11) is 0. The highest BCUT2D eigenvalue weighted by atomic mass is 16.5. The van der Waals surface area contributed by atoms with E-state index in [1.807, 2.05) is 0 Å². The summed E-state index contributed by atoms with van der Waals surface area (Å²) in [5.74, 6) is -0.745. The van der Waals surface area contributed by atoms with Crippen molar-refractivity contribution in [3.05, 3.63) is 34.2 Å². The molecule has 0 spiro atoms. The number of benzene rings is 1. The molecule has 0 fully saturated rings. The van der Waals surface area contributed by atoms with E-state index in [0.29, 0.717) is 11.3 Å². The number of rotatable bonds is 5. The fraction of sp³-hybridized carbons (Fsp3) is 0.364. The van der Waals surface area contributed by atoms with Crippen LogP contribution in [0, 0.1) is 0 Å². The topological polar surface area (TPSA) is 128 Å². The predicted octanol–water partition coefficient (Wildman–Crippen LogP) is 0.964. The predicted molar refractivity (Wildman–Crippen MR) is 64.9 cm³/mol. The van der Waals surface area contributed by atoms with Crippen molar-refractivity contribution in [3.8, 4) is 11.5 Å². The zero-order chi connectivity index (χ0) is 13.9. The van der Waals surface area contributed by atoms with Gasteiger partial charge in [0.05, 0.1) is 0 Å². The lowest BCUT2D eigenvalue weighted by atomic mass is 9.92. The van der Waals surface area contributed by atoms with E-state index in [-0.39, 0.29) is 25.4 Å². The van der Waals surface area contributed by atoms with Gasteiger partial charge in [-0.2, -0.15) is 0 Å². The van der Waals surface area contributed by atoms with Gasteiger partial charge in [-0.15, -0.1) is 0 Å². The molecule has 8 heteroatoms. The molecule has 3 N–H and O–H groups in total. The van der Waals surface area contributed by atoms with Gasteiger partial charge in [0.2, 0.25) is 0 Å². The fourth-order valence-corrected chi connectivity index (χ4v) is 2.01. The summed E-state index contributed by atoms with van der Waals surface area (Å²) in [6.07, 6.45) is 0. The van der Waals surface area contributed by atoms with Gasteiger partial charge in [-0.1, -0.05) is 5.11 Å². The Balaban J connectivity index is 2.28. The molecule has 1 heterocycles. The van der Waals surface area contributed by atoms with E-state index < -0.39 is 11.5 Å². The standard InChI is InChI=1S/C11H12N4O4/c12-15-14-4-3-13-11(10(17)18)6-19-9-5-7(16)1-2-8(9)11/h1-2,5,13,16H,3-4,6H2,(H,17,18). The van der Waals surface area contributed by atoms with E-state index in [1.54, 1.807) is 0 Å². The second-order valence-electron chi connectivity index (χ2n) is 4.06. The van der Waals surface area contributed by atoms with Gasteiger partial charge in [-0.3, -0.25) is 5.32 Å². The molecule has 1 aromatic rings. The molecular weight excluding hydrogens is 252 g/mol. The summed E-state index contributed by atoms with van der Waals surface area (Å²) < 4.78 is 5.31. The molecule has 1 aliphatic rings. The first kappa shape index (κ1) is 13.0. The maximum atomic E-state index is 11.5. The summed E-state index contributed by atoms with van der Waals surface area (Å²) in [6, 6.07) is 4.28. The Morgan fingerprint density at radius 2 is 2.42 bits per heavy atom. The molecular formula is C11H12N4O4. The molecule has 8 nitrogen and oxygen atoms in total. The number of azide groups is 1. The Morgan fingerprint density at radius 3 is 3.11 bits per heavy atom. The van der Waals surface area contributed by atoms with Crippen molar-refractivity contribution < 1.29 is 19.7 Å². The van der Waals surface area contributed by atoms with Crippen LogP contribution in [-0.2, 0) is 10.3 Å². The largest absolute Gasteiger partial charge is 0.508 e. The molecule has 1 unspecified atom stereocenters. The Hall–Kier alpha value is -2.44. The van der Waals surface area contributed by atoms with Crippen molar-refractivity contribution in [3.63, 3.8) is 0 Å². The lowest BCUT2D eigenvalue weighted by Gasteiger charge is -2.24. The van der Waals surface area contributed by atoms with Crippen LogP contribution in [0.4, 0.5) is 0 Å². The molecule has 1 atom stereocenters. The summed E-state index contributed by atoms with van der Waals surface area (Å²) in [4.78, 5) is 14.1. The number of phenolic OH excluding ortho intramolecular Hbond substituents is 1. The van der Waals surface area contributed by atoms with Crippen molar-refractivity contribution in [2.24, 2.45) is 5.11 Å². The van der Waals surface area contributed by atoms with Gasteiger partial charge in [0.25, 0.3) is 0 Å². The van der Waals surface area contributed by atoms with Crippen molar-refractivity contribution in [1.82, 2.24) is 5.32 Å². The zero-order valence-electron chi connectivity index (χ0n) is 9.91. The average molecular weight is 264 g/mol. The first-order valence-electron chi connectivity index (χ1n) is 5.56. The van der Waals surface area contributed by atoms with Crippen LogP contribution < -0.4 is 10.1 Å². The number of nitrogens with one attached hydrogen (secondary N) is 1. The van der Waals surface area contributed by atoms with Crippen LogP contribution in [0.25, 0.3) is 10.4 Å². The van der Waals surface area contributed by atoms with Gasteiger partial charge < -0.3 is 14.9 Å². The van der Waals surface area contributed by atoms with Crippen LogP contribution in [0.15, 0.2) is 23.3 Å². The lowest BCUT2D eigenvalue weighted by molar-refractivity contribution is -0.145. The van der Waals surface area contributed by atoms with Gasteiger partial charge >= 0.3 is 5.97 Å². The number of hydrogen-bond donors (Lipinski definition) is 3. The highest BCUT2D eigenvalue weighted by Crippen LogP contribution is 2.39. The smallest absolute Gasteiger partial charge is 0.332 e. The number of nitrogens with zero attached hydrogens (tertiary/aromatic N) is 3. The van der Waals surface area contributed by atoms with E-state index >= 15 is 0 Å². The number of carboxylic acid groups (broad SMARTS) is 1. The van der Waals surface area contributed by atoms with Crippen LogP contribution in [0.1, 0.15) is 5.56 Å². The number of hydrogen-bond acceptors (Lipinski definition) is 5. The van der Waals surface area contributed by atoms with Gasteiger partial charge in [0.15, 0.2) is 5.54 Å². The van der Waals surface area contributed by atoms with E-state index in [0.717, 1.165) is 0 Å². The third kappa shape index (κ3) is 2.26. The number of ether oxygens (including phenoxy) is 1. The molecule has 100 valence electrons. The average Bonchev–Trinajstić information content (AvgIpc) is 2.74. The first-order valence-corrected chi connectivity index (χ1v) is 5.56. The molecule has 0 saturated carbocycles. The third-order valence-electron chi connectivity index (χ3n) is 2.94. The normalized spacial score (nSPS) is 20.2. The highest BCUT2D eigenvalue weighted by Gasteiger charge is 2.47.